The number of alkyl halides is 3. The highest BCUT2D eigenvalue weighted by atomic mass is 32.2. The molecule has 0 aliphatic carbocycles. The minimum atomic E-state index is -4.46. The lowest BCUT2D eigenvalue weighted by atomic mass is 10.0. The van der Waals surface area contributed by atoms with Gasteiger partial charge in [-0.1, -0.05) is 90.2 Å². The maximum Gasteiger partial charge on any atom is 0.417 e. The molecule has 8 heteroatoms. The van der Waals surface area contributed by atoms with Gasteiger partial charge in [0.15, 0.2) is 0 Å². The van der Waals surface area contributed by atoms with E-state index in [1.165, 1.54) is 28.8 Å². The Labute approximate surface area is 215 Å². The van der Waals surface area contributed by atoms with Gasteiger partial charge in [-0.15, -0.1) is 22.0 Å². The lowest BCUT2D eigenvalue weighted by Crippen LogP contribution is -2.06. The van der Waals surface area contributed by atoms with Crippen LogP contribution < -0.4 is 5.32 Å². The van der Waals surface area contributed by atoms with Gasteiger partial charge in [-0.25, -0.2) is 0 Å². The second-order valence-corrected chi connectivity index (χ2v) is 9.95. The Hall–Kier alpha value is -3.62. The number of thioether (sulfide) groups is 1. The lowest BCUT2D eigenvalue weighted by molar-refractivity contribution is -0.137. The summed E-state index contributed by atoms with van der Waals surface area (Å²) in [5.41, 5.74) is 3.73. The molecule has 0 atom stereocenters. The fraction of sp³-hybridized carbons (Fsp3) is 0.0714. The largest absolute Gasteiger partial charge is 0.417 e. The molecule has 180 valence electrons. The summed E-state index contributed by atoms with van der Waals surface area (Å²) in [7, 11) is 0. The maximum absolute atomic E-state index is 13.4. The van der Waals surface area contributed by atoms with E-state index in [4.69, 9.17) is 0 Å². The second-order valence-electron chi connectivity index (χ2n) is 7.92. The van der Waals surface area contributed by atoms with Gasteiger partial charge in [-0.2, -0.15) is 13.2 Å². The third-order valence-corrected chi connectivity index (χ3v) is 7.38. The zero-order valence-electron chi connectivity index (χ0n) is 18.9. The van der Waals surface area contributed by atoms with Crippen molar-refractivity contribution >= 4 is 33.9 Å². The summed E-state index contributed by atoms with van der Waals surface area (Å²) in [6.45, 7) is 0. The highest BCUT2D eigenvalue weighted by Gasteiger charge is 2.34. The molecule has 1 aromatic heterocycles. The highest BCUT2D eigenvalue weighted by Crippen LogP contribution is 2.39. The molecule has 0 spiro atoms. The average Bonchev–Trinajstić information content (AvgIpc) is 3.36. The van der Waals surface area contributed by atoms with Crippen LogP contribution in [0.1, 0.15) is 11.1 Å². The Morgan fingerprint density at radius 2 is 1.47 bits per heavy atom. The molecule has 0 unspecified atom stereocenters. The van der Waals surface area contributed by atoms with Gasteiger partial charge in [0.1, 0.15) is 5.01 Å². The van der Waals surface area contributed by atoms with Crippen molar-refractivity contribution in [3.8, 4) is 21.7 Å². The van der Waals surface area contributed by atoms with Gasteiger partial charge in [0.05, 0.1) is 5.56 Å². The molecule has 1 N–H and O–H groups in total. The molecule has 4 aromatic carbocycles. The molecule has 0 aliphatic heterocycles. The van der Waals surface area contributed by atoms with Crippen LogP contribution in [-0.2, 0) is 11.9 Å². The molecule has 0 fully saturated rings. The van der Waals surface area contributed by atoms with Gasteiger partial charge in [-0.05, 0) is 41.0 Å². The molecule has 36 heavy (non-hydrogen) atoms. The van der Waals surface area contributed by atoms with Gasteiger partial charge in [0.25, 0.3) is 0 Å². The van der Waals surface area contributed by atoms with Crippen molar-refractivity contribution in [2.75, 3.05) is 5.32 Å². The predicted octanol–water partition coefficient (Wildman–Crippen LogP) is 8.93. The minimum absolute atomic E-state index is 0.0249. The first-order chi connectivity index (χ1) is 17.5. The van der Waals surface area contributed by atoms with Crippen LogP contribution in [0.5, 0.6) is 0 Å². The molecule has 3 nitrogen and oxygen atoms in total. The summed E-state index contributed by atoms with van der Waals surface area (Å²) in [6, 6.07) is 31.9. The SMILES string of the molecule is FC(F)(F)c1ccccc1-c1nnc(Nc2cccc(SCc3ccccc3-c3ccccc3)c2)s1. The van der Waals surface area contributed by atoms with E-state index in [-0.39, 0.29) is 10.6 Å². The number of hydrogen-bond donors (Lipinski definition) is 1. The van der Waals surface area contributed by atoms with Gasteiger partial charge >= 0.3 is 6.18 Å². The Morgan fingerprint density at radius 1 is 0.750 bits per heavy atom. The first-order valence-corrected chi connectivity index (χ1v) is 12.9. The number of rotatable bonds is 7. The number of nitrogens with one attached hydrogen (secondary N) is 1. The molecule has 5 rings (SSSR count). The zero-order chi connectivity index (χ0) is 25.0. The monoisotopic (exact) mass is 519 g/mol. The lowest BCUT2D eigenvalue weighted by Gasteiger charge is -2.10. The minimum Gasteiger partial charge on any atom is -0.330 e. The summed E-state index contributed by atoms with van der Waals surface area (Å²) >= 11 is 2.80. The third-order valence-electron chi connectivity index (χ3n) is 5.47. The van der Waals surface area contributed by atoms with Gasteiger partial charge in [-0.3, -0.25) is 0 Å². The van der Waals surface area contributed by atoms with E-state index < -0.39 is 11.7 Å². The van der Waals surface area contributed by atoms with E-state index in [2.05, 4.69) is 39.8 Å². The topological polar surface area (TPSA) is 37.8 Å². The molecule has 1 heterocycles. The van der Waals surface area contributed by atoms with E-state index in [1.807, 2.05) is 54.6 Å². The van der Waals surface area contributed by atoms with Crippen molar-refractivity contribution in [1.82, 2.24) is 10.2 Å². The van der Waals surface area contributed by atoms with Crippen molar-refractivity contribution in [3.05, 3.63) is 114 Å². The Balaban J connectivity index is 1.30. The van der Waals surface area contributed by atoms with E-state index in [1.54, 1.807) is 17.8 Å². The Bertz CT molecular complexity index is 1470. The van der Waals surface area contributed by atoms with E-state index in [9.17, 15) is 13.2 Å². The van der Waals surface area contributed by atoms with Crippen LogP contribution in [0.25, 0.3) is 21.7 Å². The maximum atomic E-state index is 13.4. The van der Waals surface area contributed by atoms with Crippen LogP contribution in [0.4, 0.5) is 24.0 Å². The first kappa shape index (κ1) is 24.1. The number of halogens is 3. The summed E-state index contributed by atoms with van der Waals surface area (Å²) in [4.78, 5) is 1.06. The van der Waals surface area contributed by atoms with Crippen molar-refractivity contribution in [2.24, 2.45) is 0 Å². The fourth-order valence-electron chi connectivity index (χ4n) is 3.79. The van der Waals surface area contributed by atoms with Crippen molar-refractivity contribution < 1.29 is 13.2 Å². The standard InChI is InChI=1S/C28H20F3N3S2/c29-28(30,31)25-16-7-6-15-24(25)26-33-34-27(36-26)32-21-12-8-13-22(17-21)35-18-20-11-4-5-14-23(20)19-9-2-1-3-10-19/h1-17H,18H2,(H,32,34). The van der Waals surface area contributed by atoms with Gasteiger partial charge in [0.2, 0.25) is 5.13 Å². The number of anilines is 2. The average molecular weight is 520 g/mol. The molecule has 0 radical (unpaired) electrons. The van der Waals surface area contributed by atoms with E-state index in [0.29, 0.717) is 5.13 Å². The summed E-state index contributed by atoms with van der Waals surface area (Å²) in [6.07, 6.45) is -4.46. The predicted molar refractivity (Wildman–Crippen MR) is 142 cm³/mol. The fourth-order valence-corrected chi connectivity index (χ4v) is 5.56. The van der Waals surface area contributed by atoms with Crippen LogP contribution in [-0.4, -0.2) is 10.2 Å². The smallest absolute Gasteiger partial charge is 0.330 e. The molecule has 0 bridgehead atoms. The molecule has 5 aromatic rings. The van der Waals surface area contributed by atoms with Crippen LogP contribution >= 0.6 is 23.1 Å². The Kier molecular flexibility index (Phi) is 7.06. The molecule has 0 saturated heterocycles. The molecule has 0 aliphatic rings. The molecule has 0 saturated carbocycles. The van der Waals surface area contributed by atoms with Crippen molar-refractivity contribution in [2.45, 2.75) is 16.8 Å². The third kappa shape index (κ3) is 5.61. The highest BCUT2D eigenvalue weighted by molar-refractivity contribution is 7.98. The van der Waals surface area contributed by atoms with Crippen molar-refractivity contribution in [1.29, 1.82) is 0 Å². The number of benzene rings is 4. The van der Waals surface area contributed by atoms with Gasteiger partial charge < -0.3 is 5.32 Å². The first-order valence-electron chi connectivity index (χ1n) is 11.1. The summed E-state index contributed by atoms with van der Waals surface area (Å²) in [5.74, 6) is 0.797. The van der Waals surface area contributed by atoms with Crippen LogP contribution in [0.2, 0.25) is 0 Å². The van der Waals surface area contributed by atoms with Crippen LogP contribution in [0.3, 0.4) is 0 Å². The van der Waals surface area contributed by atoms with E-state index in [0.717, 1.165) is 33.7 Å². The van der Waals surface area contributed by atoms with Crippen LogP contribution in [0, 0.1) is 0 Å². The second kappa shape index (κ2) is 10.6. The molecular weight excluding hydrogens is 499 g/mol. The number of hydrogen-bond acceptors (Lipinski definition) is 5. The quantitative estimate of drug-likeness (QED) is 0.218. The van der Waals surface area contributed by atoms with E-state index >= 15 is 0 Å². The number of aromatic nitrogens is 2. The molecule has 0 amide bonds. The summed E-state index contributed by atoms with van der Waals surface area (Å²) in [5, 5.41) is 11.9. The Morgan fingerprint density at radius 3 is 2.28 bits per heavy atom. The zero-order valence-corrected chi connectivity index (χ0v) is 20.5. The van der Waals surface area contributed by atoms with Crippen molar-refractivity contribution in [3.63, 3.8) is 0 Å². The number of nitrogens with zero attached hydrogens (tertiary/aromatic N) is 2. The normalized spacial score (nSPS) is 11.4. The van der Waals surface area contributed by atoms with Gasteiger partial charge in [0, 0.05) is 21.9 Å². The summed E-state index contributed by atoms with van der Waals surface area (Å²) < 4.78 is 40.2. The van der Waals surface area contributed by atoms with Crippen LogP contribution in [0.15, 0.2) is 108 Å². The molecular formula is C28H20F3N3S2.